The van der Waals surface area contributed by atoms with Crippen LogP contribution in [0.1, 0.15) is 43.0 Å². The average molecular weight is 320 g/mol. The molecule has 1 aliphatic carbocycles. The molecule has 2 aromatic heterocycles. The summed E-state index contributed by atoms with van der Waals surface area (Å²) in [6, 6.07) is 0. The number of fused-ring (bicyclic) bond motifs is 3. The zero-order valence-corrected chi connectivity index (χ0v) is 13.5. The number of unbranched alkanes of at least 4 members (excludes halogenated alkanes) is 1. The van der Waals surface area contributed by atoms with E-state index in [-0.39, 0.29) is 18.0 Å². The molecule has 0 spiro atoms. The zero-order valence-electron chi connectivity index (χ0n) is 12.7. The van der Waals surface area contributed by atoms with E-state index in [1.807, 2.05) is 0 Å². The molecule has 0 unspecified atom stereocenters. The maximum absolute atomic E-state index is 12.6. The molecule has 0 aliphatic heterocycles. The van der Waals surface area contributed by atoms with Crippen molar-refractivity contribution in [3.05, 3.63) is 20.8 Å². The van der Waals surface area contributed by atoms with Gasteiger partial charge in [-0.05, 0) is 37.7 Å². The van der Waals surface area contributed by atoms with Gasteiger partial charge < -0.3 is 5.32 Å². The van der Waals surface area contributed by atoms with E-state index in [0.717, 1.165) is 37.7 Å². The van der Waals surface area contributed by atoms with Crippen molar-refractivity contribution in [1.29, 1.82) is 0 Å². The fourth-order valence-corrected chi connectivity index (χ4v) is 4.00. The van der Waals surface area contributed by atoms with Crippen LogP contribution in [0.4, 0.5) is 0 Å². The van der Waals surface area contributed by atoms with Crippen LogP contribution in [0.2, 0.25) is 0 Å². The van der Waals surface area contributed by atoms with Gasteiger partial charge in [0.15, 0.2) is 4.83 Å². The van der Waals surface area contributed by atoms with Crippen LogP contribution in [-0.2, 0) is 24.2 Å². The average Bonchev–Trinajstić information content (AvgIpc) is 2.89. The van der Waals surface area contributed by atoms with Crippen LogP contribution >= 0.6 is 11.3 Å². The van der Waals surface area contributed by atoms with E-state index in [2.05, 4.69) is 22.6 Å². The smallest absolute Gasteiger partial charge is 0.279 e. The van der Waals surface area contributed by atoms with E-state index in [1.54, 1.807) is 11.3 Å². The minimum absolute atomic E-state index is 0.0594. The lowest BCUT2D eigenvalue weighted by atomic mass is 9.97. The molecular formula is C15H20N4O2S. The Balaban J connectivity index is 1.87. The van der Waals surface area contributed by atoms with Gasteiger partial charge in [-0.2, -0.15) is 0 Å². The summed E-state index contributed by atoms with van der Waals surface area (Å²) < 4.78 is 1.19. The SMILES string of the molecule is CCCCNC(=O)Cn1nnc2sc3c(c2c1=O)CCCC3. The van der Waals surface area contributed by atoms with E-state index in [1.165, 1.54) is 16.0 Å². The summed E-state index contributed by atoms with van der Waals surface area (Å²) in [5.41, 5.74) is 0.946. The first-order valence-electron chi connectivity index (χ1n) is 7.85. The van der Waals surface area contributed by atoms with Crippen molar-refractivity contribution in [2.45, 2.75) is 52.0 Å². The lowest BCUT2D eigenvalue weighted by molar-refractivity contribution is -0.121. The summed E-state index contributed by atoms with van der Waals surface area (Å²) in [6.45, 7) is 2.64. The van der Waals surface area contributed by atoms with E-state index in [4.69, 9.17) is 0 Å². The van der Waals surface area contributed by atoms with Crippen molar-refractivity contribution < 1.29 is 4.79 Å². The van der Waals surface area contributed by atoms with Gasteiger partial charge in [-0.25, -0.2) is 4.68 Å². The fraction of sp³-hybridized carbons (Fsp3) is 0.600. The van der Waals surface area contributed by atoms with Gasteiger partial charge in [0.05, 0.1) is 5.39 Å². The molecule has 0 radical (unpaired) electrons. The largest absolute Gasteiger partial charge is 0.354 e. The number of thiophene rings is 1. The molecule has 2 heterocycles. The van der Waals surface area contributed by atoms with Gasteiger partial charge in [0.2, 0.25) is 5.91 Å². The number of nitrogens with zero attached hydrogens (tertiary/aromatic N) is 3. The molecule has 7 heteroatoms. The summed E-state index contributed by atoms with van der Waals surface area (Å²) in [7, 11) is 0. The zero-order chi connectivity index (χ0) is 15.5. The number of hydrogen-bond donors (Lipinski definition) is 1. The lowest BCUT2D eigenvalue weighted by Crippen LogP contribution is -2.34. The standard InChI is InChI=1S/C15H20N4O2S/c1-2-3-8-16-12(20)9-19-15(21)13-10-6-4-5-7-11(10)22-14(13)17-18-19/h2-9H2,1H3,(H,16,20). The quantitative estimate of drug-likeness (QED) is 0.850. The van der Waals surface area contributed by atoms with Crippen molar-refractivity contribution in [3.8, 4) is 0 Å². The highest BCUT2D eigenvalue weighted by Crippen LogP contribution is 2.32. The van der Waals surface area contributed by atoms with Gasteiger partial charge in [0, 0.05) is 11.4 Å². The van der Waals surface area contributed by atoms with Crippen LogP contribution in [0.25, 0.3) is 10.2 Å². The monoisotopic (exact) mass is 320 g/mol. The molecule has 22 heavy (non-hydrogen) atoms. The molecule has 0 saturated carbocycles. The van der Waals surface area contributed by atoms with Crippen LogP contribution in [0.15, 0.2) is 4.79 Å². The maximum Gasteiger partial charge on any atom is 0.279 e. The fourth-order valence-electron chi connectivity index (χ4n) is 2.81. The third kappa shape index (κ3) is 2.90. The molecule has 0 bridgehead atoms. The third-order valence-corrected chi connectivity index (χ3v) is 5.17. The highest BCUT2D eigenvalue weighted by atomic mass is 32.1. The van der Waals surface area contributed by atoms with Gasteiger partial charge in [-0.1, -0.05) is 18.6 Å². The second kappa shape index (κ2) is 6.56. The summed E-state index contributed by atoms with van der Waals surface area (Å²) >= 11 is 1.57. The molecule has 1 amide bonds. The van der Waals surface area contributed by atoms with Crippen molar-refractivity contribution in [2.75, 3.05) is 6.54 Å². The predicted molar refractivity (Wildman–Crippen MR) is 86.2 cm³/mol. The summed E-state index contributed by atoms with van der Waals surface area (Å²) in [4.78, 5) is 26.5. The molecule has 118 valence electrons. The molecule has 0 aromatic carbocycles. The Morgan fingerprint density at radius 1 is 1.36 bits per heavy atom. The topological polar surface area (TPSA) is 76.9 Å². The summed E-state index contributed by atoms with van der Waals surface area (Å²) in [5, 5.41) is 11.5. The molecule has 1 N–H and O–H groups in total. The predicted octanol–water partition coefficient (Wildman–Crippen LogP) is 1.65. The number of carbonyl (C=O) groups is 1. The highest BCUT2D eigenvalue weighted by molar-refractivity contribution is 7.18. The number of nitrogens with one attached hydrogen (secondary N) is 1. The van der Waals surface area contributed by atoms with E-state index < -0.39 is 0 Å². The Labute approximate surface area is 132 Å². The van der Waals surface area contributed by atoms with Gasteiger partial charge in [0.1, 0.15) is 6.54 Å². The summed E-state index contributed by atoms with van der Waals surface area (Å²) in [6.07, 6.45) is 6.18. The summed E-state index contributed by atoms with van der Waals surface area (Å²) in [5.74, 6) is -0.187. The lowest BCUT2D eigenvalue weighted by Gasteiger charge is -2.10. The molecule has 0 atom stereocenters. The first-order valence-corrected chi connectivity index (χ1v) is 8.67. The van der Waals surface area contributed by atoms with Gasteiger partial charge in [0.25, 0.3) is 5.56 Å². The molecule has 0 fully saturated rings. The Morgan fingerprint density at radius 3 is 3.00 bits per heavy atom. The minimum Gasteiger partial charge on any atom is -0.354 e. The molecular weight excluding hydrogens is 300 g/mol. The second-order valence-electron chi connectivity index (χ2n) is 5.65. The third-order valence-electron chi connectivity index (χ3n) is 3.99. The molecule has 6 nitrogen and oxygen atoms in total. The van der Waals surface area contributed by atoms with E-state index >= 15 is 0 Å². The number of aromatic nitrogens is 3. The molecule has 3 rings (SSSR count). The molecule has 2 aromatic rings. The van der Waals surface area contributed by atoms with Gasteiger partial charge >= 0.3 is 0 Å². The number of rotatable bonds is 5. The highest BCUT2D eigenvalue weighted by Gasteiger charge is 2.21. The van der Waals surface area contributed by atoms with Crippen molar-refractivity contribution in [3.63, 3.8) is 0 Å². The van der Waals surface area contributed by atoms with Crippen molar-refractivity contribution in [2.24, 2.45) is 0 Å². The van der Waals surface area contributed by atoms with Crippen LogP contribution in [0.3, 0.4) is 0 Å². The van der Waals surface area contributed by atoms with Crippen molar-refractivity contribution >= 4 is 27.5 Å². The maximum atomic E-state index is 12.6. The Hall–Kier alpha value is -1.76. The number of amides is 1. The van der Waals surface area contributed by atoms with E-state index in [9.17, 15) is 9.59 Å². The Morgan fingerprint density at radius 2 is 2.18 bits per heavy atom. The van der Waals surface area contributed by atoms with Gasteiger partial charge in [-0.3, -0.25) is 9.59 Å². The number of aryl methyl sites for hydroxylation is 2. The van der Waals surface area contributed by atoms with Gasteiger partial charge in [-0.15, -0.1) is 16.4 Å². The van der Waals surface area contributed by atoms with Crippen LogP contribution in [-0.4, -0.2) is 27.4 Å². The second-order valence-corrected chi connectivity index (χ2v) is 6.73. The first kappa shape index (κ1) is 15.1. The van der Waals surface area contributed by atoms with Crippen LogP contribution < -0.4 is 10.9 Å². The molecule has 0 saturated heterocycles. The Bertz CT molecular complexity index is 750. The van der Waals surface area contributed by atoms with Crippen LogP contribution in [0.5, 0.6) is 0 Å². The van der Waals surface area contributed by atoms with Crippen molar-refractivity contribution in [1.82, 2.24) is 20.3 Å². The molecule has 1 aliphatic rings. The van der Waals surface area contributed by atoms with E-state index in [0.29, 0.717) is 16.8 Å². The minimum atomic E-state index is -0.187. The normalized spacial score (nSPS) is 14.0. The first-order chi connectivity index (χ1) is 10.7. The number of carbonyl (C=O) groups excluding carboxylic acids is 1. The Kier molecular flexibility index (Phi) is 4.52. The van der Waals surface area contributed by atoms with Crippen LogP contribution in [0, 0.1) is 0 Å². The number of hydrogen-bond acceptors (Lipinski definition) is 5.